The fourth-order valence-corrected chi connectivity index (χ4v) is 2.93. The van der Waals surface area contributed by atoms with Crippen LogP contribution in [-0.2, 0) is 11.2 Å². The van der Waals surface area contributed by atoms with Gasteiger partial charge in [-0.1, -0.05) is 19.1 Å². The summed E-state index contributed by atoms with van der Waals surface area (Å²) in [5.74, 6) is 1.51. The van der Waals surface area contributed by atoms with Crippen LogP contribution >= 0.6 is 0 Å². The number of ether oxygens (including phenoxy) is 2. The van der Waals surface area contributed by atoms with E-state index in [0.717, 1.165) is 29.6 Å². The number of para-hydroxylation sites is 1. The number of aromatic nitrogens is 1. The second kappa shape index (κ2) is 9.08. The van der Waals surface area contributed by atoms with Gasteiger partial charge in [0.25, 0.3) is 0 Å². The van der Waals surface area contributed by atoms with Gasteiger partial charge in [0.05, 0.1) is 13.7 Å². The quantitative estimate of drug-likeness (QED) is 0.544. The average Bonchev–Trinajstić information content (AvgIpc) is 3.20. The molecule has 1 heterocycles. The summed E-state index contributed by atoms with van der Waals surface area (Å²) in [5, 5.41) is 9.99. The molecule has 0 aliphatic rings. The monoisotopic (exact) mass is 381 g/mol. The van der Waals surface area contributed by atoms with Crippen molar-refractivity contribution in [1.29, 1.82) is 0 Å². The zero-order valence-electron chi connectivity index (χ0n) is 16.0. The number of rotatable bonds is 9. The molecule has 0 saturated carbocycles. The normalized spacial score (nSPS) is 10.6. The molecule has 0 unspecified atom stereocenters. The Bertz CT molecular complexity index is 948. The van der Waals surface area contributed by atoms with Gasteiger partial charge in [-0.3, -0.25) is 0 Å². The van der Waals surface area contributed by atoms with E-state index < -0.39 is 0 Å². The van der Waals surface area contributed by atoms with Crippen molar-refractivity contribution in [1.82, 2.24) is 4.98 Å². The number of aromatic hydroxyl groups is 1. The number of phenols is 1. The number of carbonyl (C=O) groups excluding carboxylic acids is 1. The largest absolute Gasteiger partial charge is 0.504 e. The second-order valence-corrected chi connectivity index (χ2v) is 6.27. The first-order chi connectivity index (χ1) is 13.7. The molecule has 1 aromatic heterocycles. The Hall–Kier alpha value is -3.28. The smallest absolute Gasteiger partial charge is 0.226 e. The molecule has 0 aliphatic heterocycles. The van der Waals surface area contributed by atoms with E-state index in [-0.39, 0.29) is 5.75 Å². The first kappa shape index (κ1) is 19.5. The van der Waals surface area contributed by atoms with Gasteiger partial charge in [-0.2, -0.15) is 0 Å². The average molecular weight is 381 g/mol. The van der Waals surface area contributed by atoms with Crippen molar-refractivity contribution in [3.8, 4) is 40.0 Å². The first-order valence-corrected chi connectivity index (χ1v) is 9.19. The lowest BCUT2D eigenvalue weighted by Gasteiger charge is -2.14. The fraction of sp³-hybridized carbons (Fsp3) is 0.273. The van der Waals surface area contributed by atoms with Crippen LogP contribution in [0.3, 0.4) is 0 Å². The maximum atomic E-state index is 10.8. The van der Waals surface area contributed by atoms with Gasteiger partial charge in [0.2, 0.25) is 5.89 Å². The molecular formula is C22H23NO5. The predicted octanol–water partition coefficient (Wildman–Crippen LogP) is 4.64. The molecule has 0 aliphatic carbocycles. The predicted molar refractivity (Wildman–Crippen MR) is 106 cm³/mol. The minimum Gasteiger partial charge on any atom is -0.504 e. The highest BCUT2D eigenvalue weighted by molar-refractivity contribution is 5.71. The topological polar surface area (TPSA) is 81.8 Å². The number of phenolic OH excluding ortho intramolecular Hbond substituents is 1. The Morgan fingerprint density at radius 2 is 2.11 bits per heavy atom. The number of aldehydes is 1. The highest BCUT2D eigenvalue weighted by Gasteiger charge is 2.16. The highest BCUT2D eigenvalue weighted by Crippen LogP contribution is 2.36. The van der Waals surface area contributed by atoms with E-state index >= 15 is 0 Å². The van der Waals surface area contributed by atoms with Crippen LogP contribution in [0.2, 0.25) is 0 Å². The SMILES string of the molecule is CCCOc1c(CCC=O)cccc1-c1coc(-c2ccc(OC)c(O)c2)n1. The van der Waals surface area contributed by atoms with Crippen molar-refractivity contribution in [2.24, 2.45) is 0 Å². The van der Waals surface area contributed by atoms with Gasteiger partial charge in [0.1, 0.15) is 24.0 Å². The van der Waals surface area contributed by atoms with Crippen LogP contribution in [0, 0.1) is 0 Å². The summed E-state index contributed by atoms with van der Waals surface area (Å²) >= 11 is 0. The molecule has 0 fully saturated rings. The number of methoxy groups -OCH3 is 1. The molecule has 6 heteroatoms. The van der Waals surface area contributed by atoms with Crippen LogP contribution in [0.5, 0.6) is 17.2 Å². The minimum absolute atomic E-state index is 0.0163. The summed E-state index contributed by atoms with van der Waals surface area (Å²) in [6, 6.07) is 10.8. The zero-order chi connectivity index (χ0) is 19.9. The molecule has 1 N–H and O–H groups in total. The van der Waals surface area contributed by atoms with Crippen molar-refractivity contribution in [3.63, 3.8) is 0 Å². The van der Waals surface area contributed by atoms with E-state index in [1.165, 1.54) is 7.11 Å². The summed E-state index contributed by atoms with van der Waals surface area (Å²) in [7, 11) is 1.49. The molecule has 3 rings (SSSR count). The third-order valence-electron chi connectivity index (χ3n) is 4.28. The molecule has 6 nitrogen and oxygen atoms in total. The molecule has 0 saturated heterocycles. The van der Waals surface area contributed by atoms with Gasteiger partial charge in [-0.25, -0.2) is 4.98 Å². The van der Waals surface area contributed by atoms with Crippen LogP contribution in [0.1, 0.15) is 25.3 Å². The van der Waals surface area contributed by atoms with E-state index in [2.05, 4.69) is 4.98 Å². The van der Waals surface area contributed by atoms with Crippen molar-refractivity contribution in [2.45, 2.75) is 26.2 Å². The molecule has 3 aromatic rings. The number of hydrogen-bond donors (Lipinski definition) is 1. The van der Waals surface area contributed by atoms with Crippen LogP contribution in [0.15, 0.2) is 47.1 Å². The molecule has 28 heavy (non-hydrogen) atoms. The van der Waals surface area contributed by atoms with Crippen molar-refractivity contribution in [3.05, 3.63) is 48.2 Å². The molecule has 146 valence electrons. The second-order valence-electron chi connectivity index (χ2n) is 6.27. The number of oxazole rings is 1. The van der Waals surface area contributed by atoms with E-state index in [1.807, 2.05) is 25.1 Å². The van der Waals surface area contributed by atoms with E-state index in [0.29, 0.717) is 42.3 Å². The Balaban J connectivity index is 1.97. The number of carbonyl (C=O) groups is 1. The number of hydrogen-bond acceptors (Lipinski definition) is 6. The van der Waals surface area contributed by atoms with E-state index in [4.69, 9.17) is 13.9 Å². The fourth-order valence-electron chi connectivity index (χ4n) is 2.93. The van der Waals surface area contributed by atoms with Gasteiger partial charge in [0.15, 0.2) is 11.5 Å². The van der Waals surface area contributed by atoms with Gasteiger partial charge in [-0.15, -0.1) is 0 Å². The van der Waals surface area contributed by atoms with Crippen LogP contribution in [0.4, 0.5) is 0 Å². The van der Waals surface area contributed by atoms with E-state index in [9.17, 15) is 9.90 Å². The molecule has 0 radical (unpaired) electrons. The molecular weight excluding hydrogens is 358 g/mol. The lowest BCUT2D eigenvalue weighted by molar-refractivity contribution is -0.107. The lowest BCUT2D eigenvalue weighted by Crippen LogP contribution is -2.01. The molecule has 0 spiro atoms. The highest BCUT2D eigenvalue weighted by atomic mass is 16.5. The van der Waals surface area contributed by atoms with Crippen molar-refractivity contribution in [2.75, 3.05) is 13.7 Å². The number of nitrogens with zero attached hydrogens (tertiary/aromatic N) is 1. The summed E-state index contributed by atoms with van der Waals surface area (Å²) < 4.78 is 16.7. The molecule has 0 bridgehead atoms. The molecule has 2 aromatic carbocycles. The maximum Gasteiger partial charge on any atom is 0.226 e. The summed E-state index contributed by atoms with van der Waals surface area (Å²) in [4.78, 5) is 15.4. The van der Waals surface area contributed by atoms with Gasteiger partial charge < -0.3 is 23.8 Å². The third kappa shape index (κ3) is 4.17. The standard InChI is InChI=1S/C22H23NO5/c1-3-12-27-21-15(7-5-11-24)6-4-8-17(21)18-14-28-22(23-18)16-9-10-20(26-2)19(25)13-16/h4,6,8-11,13-14,25H,3,5,7,12H2,1-2H3. The Labute approximate surface area is 163 Å². The molecule has 0 amide bonds. The van der Waals surface area contributed by atoms with Crippen LogP contribution < -0.4 is 9.47 Å². The Kier molecular flexibility index (Phi) is 6.32. The Morgan fingerprint density at radius 3 is 2.82 bits per heavy atom. The number of aryl methyl sites for hydroxylation is 1. The summed E-state index contributed by atoms with van der Waals surface area (Å²) in [6.45, 7) is 2.61. The molecule has 0 atom stereocenters. The van der Waals surface area contributed by atoms with Gasteiger partial charge in [0, 0.05) is 17.5 Å². The van der Waals surface area contributed by atoms with Crippen molar-refractivity contribution < 1.29 is 23.8 Å². The van der Waals surface area contributed by atoms with Crippen LogP contribution in [0.25, 0.3) is 22.7 Å². The number of benzene rings is 2. The van der Waals surface area contributed by atoms with Gasteiger partial charge in [-0.05, 0) is 42.7 Å². The third-order valence-corrected chi connectivity index (χ3v) is 4.28. The van der Waals surface area contributed by atoms with Gasteiger partial charge >= 0.3 is 0 Å². The van der Waals surface area contributed by atoms with E-state index in [1.54, 1.807) is 24.5 Å². The van der Waals surface area contributed by atoms with Crippen molar-refractivity contribution >= 4 is 6.29 Å². The summed E-state index contributed by atoms with van der Waals surface area (Å²) in [6.07, 6.45) is 4.38. The lowest BCUT2D eigenvalue weighted by atomic mass is 10.0. The Morgan fingerprint density at radius 1 is 1.25 bits per heavy atom. The summed E-state index contributed by atoms with van der Waals surface area (Å²) in [5.41, 5.74) is 3.04. The zero-order valence-corrected chi connectivity index (χ0v) is 16.0. The first-order valence-electron chi connectivity index (χ1n) is 9.19. The van der Waals surface area contributed by atoms with Crippen LogP contribution in [-0.4, -0.2) is 30.1 Å². The maximum absolute atomic E-state index is 10.8. The minimum atomic E-state index is 0.0163.